The third-order valence-corrected chi connectivity index (χ3v) is 6.07. The number of nitrogens with one attached hydrogen (secondary N) is 2. The van der Waals surface area contributed by atoms with Crippen molar-refractivity contribution >= 4 is 28.8 Å². The number of hydrogen-bond donors (Lipinski definition) is 2. The van der Waals surface area contributed by atoms with Crippen LogP contribution in [0.25, 0.3) is 0 Å². The van der Waals surface area contributed by atoms with E-state index in [4.69, 9.17) is 11.6 Å². The Morgan fingerprint density at radius 2 is 1.63 bits per heavy atom. The lowest BCUT2D eigenvalue weighted by molar-refractivity contribution is -0.116. The first-order chi connectivity index (χ1) is 14.6. The fraction of sp³-hybridized carbons (Fsp3) is 0.160. The van der Waals surface area contributed by atoms with E-state index >= 15 is 0 Å². The van der Waals surface area contributed by atoms with E-state index in [0.717, 1.165) is 33.8 Å². The Bertz CT molecular complexity index is 1160. The lowest BCUT2D eigenvalue weighted by Crippen LogP contribution is -2.26. The van der Waals surface area contributed by atoms with Gasteiger partial charge in [0.05, 0.1) is 17.4 Å². The van der Waals surface area contributed by atoms with Gasteiger partial charge in [0.15, 0.2) is 5.78 Å². The summed E-state index contributed by atoms with van der Waals surface area (Å²) in [6.07, 6.45) is 1.07. The van der Waals surface area contributed by atoms with Gasteiger partial charge in [0, 0.05) is 22.7 Å². The van der Waals surface area contributed by atoms with E-state index < -0.39 is 0 Å². The lowest BCUT2D eigenvalue weighted by atomic mass is 9.78. The minimum atomic E-state index is -0.295. The maximum Gasteiger partial charge on any atom is 0.163 e. The van der Waals surface area contributed by atoms with Crippen molar-refractivity contribution in [3.8, 4) is 0 Å². The minimum Gasteiger partial charge on any atom is -0.372 e. The van der Waals surface area contributed by atoms with Crippen molar-refractivity contribution in [2.75, 3.05) is 10.6 Å². The molecule has 150 valence electrons. The molecule has 2 N–H and O–H groups in total. The number of fused-ring (bicyclic) bond motifs is 1. The molecule has 3 aromatic carbocycles. The summed E-state index contributed by atoms with van der Waals surface area (Å²) in [5.41, 5.74) is 5.44. The lowest BCUT2D eigenvalue weighted by Gasteiger charge is -2.30. The van der Waals surface area contributed by atoms with E-state index in [2.05, 4.69) is 10.6 Å². The van der Waals surface area contributed by atoms with E-state index in [9.17, 15) is 9.18 Å². The van der Waals surface area contributed by atoms with Crippen molar-refractivity contribution < 1.29 is 9.18 Å². The summed E-state index contributed by atoms with van der Waals surface area (Å²) >= 11 is 6.26. The molecular weight excluding hydrogens is 399 g/mol. The molecule has 0 saturated carbocycles. The largest absolute Gasteiger partial charge is 0.372 e. The number of anilines is 2. The van der Waals surface area contributed by atoms with Gasteiger partial charge in [-0.25, -0.2) is 4.39 Å². The minimum absolute atomic E-state index is 0.00891. The first-order valence-corrected chi connectivity index (χ1v) is 10.4. The summed E-state index contributed by atoms with van der Waals surface area (Å²) in [5.74, 6) is -0.175. The maximum atomic E-state index is 13.4. The van der Waals surface area contributed by atoms with E-state index in [-0.39, 0.29) is 23.6 Å². The van der Waals surface area contributed by atoms with Crippen LogP contribution >= 0.6 is 11.6 Å². The van der Waals surface area contributed by atoms with Crippen molar-refractivity contribution in [3.63, 3.8) is 0 Å². The summed E-state index contributed by atoms with van der Waals surface area (Å²) in [7, 11) is 0. The van der Waals surface area contributed by atoms with Crippen LogP contribution in [0.15, 0.2) is 84.1 Å². The molecule has 0 fully saturated rings. The highest BCUT2D eigenvalue weighted by Gasteiger charge is 2.36. The highest BCUT2D eigenvalue weighted by Crippen LogP contribution is 2.44. The van der Waals surface area contributed by atoms with E-state index in [1.54, 1.807) is 12.1 Å². The molecule has 1 aliphatic heterocycles. The maximum absolute atomic E-state index is 13.4. The molecule has 5 rings (SSSR count). The predicted octanol–water partition coefficient (Wildman–Crippen LogP) is 6.46. The summed E-state index contributed by atoms with van der Waals surface area (Å²) in [6, 6.07) is 21.7. The van der Waals surface area contributed by atoms with Crippen LogP contribution in [0.3, 0.4) is 0 Å². The summed E-state index contributed by atoms with van der Waals surface area (Å²) < 4.78 is 13.4. The molecule has 0 spiro atoms. The normalized spacial score (nSPS) is 20.5. The van der Waals surface area contributed by atoms with Gasteiger partial charge in [-0.05, 0) is 59.9 Å². The van der Waals surface area contributed by atoms with Gasteiger partial charge >= 0.3 is 0 Å². The fourth-order valence-corrected chi connectivity index (χ4v) is 4.60. The number of para-hydroxylation sites is 2. The van der Waals surface area contributed by atoms with Crippen LogP contribution in [-0.2, 0) is 4.79 Å². The van der Waals surface area contributed by atoms with Crippen LogP contribution in [0.4, 0.5) is 15.8 Å². The monoisotopic (exact) mass is 418 g/mol. The first kappa shape index (κ1) is 18.9. The van der Waals surface area contributed by atoms with Gasteiger partial charge in [0.25, 0.3) is 0 Å². The molecule has 0 bridgehead atoms. The second-order valence-electron chi connectivity index (χ2n) is 7.78. The second-order valence-corrected chi connectivity index (χ2v) is 8.21. The Balaban J connectivity index is 1.61. The number of ketones is 1. The highest BCUT2D eigenvalue weighted by atomic mass is 35.5. The molecule has 0 unspecified atom stereocenters. The Labute approximate surface area is 179 Å². The topological polar surface area (TPSA) is 41.1 Å². The van der Waals surface area contributed by atoms with Crippen LogP contribution in [-0.4, -0.2) is 5.78 Å². The predicted molar refractivity (Wildman–Crippen MR) is 118 cm³/mol. The van der Waals surface area contributed by atoms with Gasteiger partial charge < -0.3 is 10.6 Å². The fourth-order valence-electron chi connectivity index (χ4n) is 4.40. The summed E-state index contributed by atoms with van der Waals surface area (Å²) in [5, 5.41) is 7.69. The van der Waals surface area contributed by atoms with Crippen LogP contribution in [0.5, 0.6) is 0 Å². The Hall–Kier alpha value is -3.11. The SMILES string of the molecule is O=C1C[C@@H](c2ccc(F)cc2)CC2=C1[C@H](c1cccc(Cl)c1)Nc1ccccc1N2. The van der Waals surface area contributed by atoms with Gasteiger partial charge in [-0.3, -0.25) is 4.79 Å². The number of benzene rings is 3. The Kier molecular flexibility index (Phi) is 4.80. The molecule has 3 aromatic rings. The molecule has 3 nitrogen and oxygen atoms in total. The zero-order valence-corrected chi connectivity index (χ0v) is 16.9. The van der Waals surface area contributed by atoms with Crippen LogP contribution in [0, 0.1) is 5.82 Å². The third-order valence-electron chi connectivity index (χ3n) is 5.83. The molecular formula is C25H20ClFN2O. The first-order valence-electron chi connectivity index (χ1n) is 9.98. The average molecular weight is 419 g/mol. The molecule has 30 heavy (non-hydrogen) atoms. The van der Waals surface area contributed by atoms with Gasteiger partial charge in [-0.1, -0.05) is 48.0 Å². The van der Waals surface area contributed by atoms with E-state index in [0.29, 0.717) is 17.9 Å². The van der Waals surface area contributed by atoms with Crippen molar-refractivity contribution in [1.29, 1.82) is 0 Å². The van der Waals surface area contributed by atoms with Crippen molar-refractivity contribution in [2.24, 2.45) is 0 Å². The Morgan fingerprint density at radius 1 is 0.867 bits per heavy atom. The molecule has 2 aliphatic rings. The zero-order valence-electron chi connectivity index (χ0n) is 16.2. The van der Waals surface area contributed by atoms with Gasteiger partial charge in [-0.2, -0.15) is 0 Å². The van der Waals surface area contributed by atoms with Crippen molar-refractivity contribution in [3.05, 3.63) is 106 Å². The van der Waals surface area contributed by atoms with Gasteiger partial charge in [0.2, 0.25) is 0 Å². The number of allylic oxidation sites excluding steroid dienone is 1. The van der Waals surface area contributed by atoms with Crippen LogP contribution < -0.4 is 10.6 Å². The van der Waals surface area contributed by atoms with Crippen molar-refractivity contribution in [1.82, 2.24) is 0 Å². The Morgan fingerprint density at radius 3 is 2.40 bits per heavy atom. The smallest absolute Gasteiger partial charge is 0.163 e. The highest BCUT2D eigenvalue weighted by molar-refractivity contribution is 6.30. The number of Topliss-reactive ketones (excluding diaryl/α,β-unsaturated/α-hetero) is 1. The molecule has 1 heterocycles. The van der Waals surface area contributed by atoms with Crippen LogP contribution in [0.2, 0.25) is 5.02 Å². The molecule has 0 saturated heterocycles. The van der Waals surface area contributed by atoms with Gasteiger partial charge in [-0.15, -0.1) is 0 Å². The number of carbonyl (C=O) groups excluding carboxylic acids is 1. The van der Waals surface area contributed by atoms with Gasteiger partial charge in [0.1, 0.15) is 5.82 Å². The molecule has 0 amide bonds. The third kappa shape index (κ3) is 3.48. The second kappa shape index (κ2) is 7.62. The zero-order chi connectivity index (χ0) is 20.7. The summed E-state index contributed by atoms with van der Waals surface area (Å²) in [6.45, 7) is 0. The number of rotatable bonds is 2. The standard InChI is InChI=1S/C25H20ClFN2O/c26-18-5-3-4-16(12-18)25-24-22(28-20-6-1-2-7-21(20)29-25)13-17(14-23(24)30)15-8-10-19(27)11-9-15/h1-12,17,25,28-29H,13-14H2/t17-,25-/m0/s1. The van der Waals surface area contributed by atoms with E-state index in [1.165, 1.54) is 12.1 Å². The number of carbonyl (C=O) groups is 1. The van der Waals surface area contributed by atoms with Crippen molar-refractivity contribution in [2.45, 2.75) is 24.8 Å². The quantitative estimate of drug-likeness (QED) is 0.501. The van der Waals surface area contributed by atoms with Crippen LogP contribution in [0.1, 0.15) is 35.9 Å². The molecule has 1 aliphatic carbocycles. The summed E-state index contributed by atoms with van der Waals surface area (Å²) in [4.78, 5) is 13.4. The average Bonchev–Trinajstić information content (AvgIpc) is 2.91. The molecule has 5 heteroatoms. The number of halogens is 2. The number of hydrogen-bond acceptors (Lipinski definition) is 3. The molecule has 0 aromatic heterocycles. The van der Waals surface area contributed by atoms with E-state index in [1.807, 2.05) is 48.5 Å². The molecule has 2 atom stereocenters. The molecule has 0 radical (unpaired) electrons.